The number of piperidine rings is 1. The van der Waals surface area contributed by atoms with E-state index in [0.29, 0.717) is 38.4 Å². The lowest BCUT2D eigenvalue weighted by Crippen LogP contribution is -2.50. The Kier molecular flexibility index (Phi) is 4.76. The zero-order valence-corrected chi connectivity index (χ0v) is 10.4. The van der Waals surface area contributed by atoms with Crippen molar-refractivity contribution in [1.29, 1.82) is 0 Å². The highest BCUT2D eigenvalue weighted by Gasteiger charge is 2.24. The number of nitrogens with one attached hydrogen (secondary N) is 2. The van der Waals surface area contributed by atoms with Crippen molar-refractivity contribution in [3.8, 4) is 0 Å². The Hall–Kier alpha value is -0.650. The second-order valence-electron chi connectivity index (χ2n) is 4.88. The van der Waals surface area contributed by atoms with E-state index in [2.05, 4.69) is 17.6 Å². The van der Waals surface area contributed by atoms with Crippen LogP contribution in [-0.2, 0) is 14.3 Å². The van der Waals surface area contributed by atoms with Gasteiger partial charge in [0.05, 0.1) is 19.8 Å². The van der Waals surface area contributed by atoms with Crippen molar-refractivity contribution in [3.63, 3.8) is 0 Å². The van der Waals surface area contributed by atoms with Crippen molar-refractivity contribution >= 4 is 5.91 Å². The third-order valence-corrected chi connectivity index (χ3v) is 3.34. The van der Waals surface area contributed by atoms with Crippen LogP contribution in [0.4, 0.5) is 0 Å². The van der Waals surface area contributed by atoms with Gasteiger partial charge in [-0.05, 0) is 19.8 Å². The molecule has 1 amide bonds. The number of carbonyl (C=O) groups excluding carboxylic acids is 1. The summed E-state index contributed by atoms with van der Waals surface area (Å²) < 4.78 is 10.6. The van der Waals surface area contributed by atoms with E-state index in [1.54, 1.807) is 0 Å². The van der Waals surface area contributed by atoms with Gasteiger partial charge in [-0.2, -0.15) is 0 Å². The fraction of sp³-hybridized carbons (Fsp3) is 0.917. The molecule has 0 spiro atoms. The fourth-order valence-corrected chi connectivity index (χ4v) is 2.38. The van der Waals surface area contributed by atoms with E-state index in [-0.39, 0.29) is 5.91 Å². The topological polar surface area (TPSA) is 59.6 Å². The van der Waals surface area contributed by atoms with Crippen LogP contribution in [0.1, 0.15) is 26.2 Å². The van der Waals surface area contributed by atoms with Crippen LogP contribution in [0.3, 0.4) is 0 Å². The number of hydrogen-bond donors (Lipinski definition) is 2. The summed E-state index contributed by atoms with van der Waals surface area (Å²) in [6.07, 6.45) is 3.17. The molecule has 0 aromatic rings. The molecule has 0 aromatic carbocycles. The molecule has 2 fully saturated rings. The van der Waals surface area contributed by atoms with Crippen LogP contribution < -0.4 is 10.6 Å². The maximum Gasteiger partial charge on any atom is 0.251 e. The van der Waals surface area contributed by atoms with Gasteiger partial charge < -0.3 is 20.1 Å². The number of carbonyl (C=O) groups is 1. The van der Waals surface area contributed by atoms with Crippen molar-refractivity contribution in [2.75, 3.05) is 26.4 Å². The third kappa shape index (κ3) is 3.94. The number of rotatable bonds is 3. The van der Waals surface area contributed by atoms with Crippen LogP contribution in [0.2, 0.25) is 0 Å². The minimum Gasteiger partial charge on any atom is -0.376 e. The van der Waals surface area contributed by atoms with Crippen LogP contribution in [0.15, 0.2) is 0 Å². The zero-order valence-electron chi connectivity index (χ0n) is 10.4. The maximum absolute atomic E-state index is 11.8. The molecule has 0 bridgehead atoms. The van der Waals surface area contributed by atoms with Gasteiger partial charge in [-0.3, -0.25) is 4.79 Å². The summed E-state index contributed by atoms with van der Waals surface area (Å²) in [5.74, 6) is -0.0512. The molecule has 0 radical (unpaired) electrons. The van der Waals surface area contributed by atoms with E-state index in [0.717, 1.165) is 6.42 Å². The van der Waals surface area contributed by atoms with Crippen LogP contribution in [-0.4, -0.2) is 50.5 Å². The van der Waals surface area contributed by atoms with E-state index >= 15 is 0 Å². The molecule has 3 unspecified atom stereocenters. The molecule has 2 aliphatic rings. The lowest BCUT2D eigenvalue weighted by atomic mass is 9.99. The number of amides is 1. The Balaban J connectivity index is 1.68. The largest absolute Gasteiger partial charge is 0.376 e. The molecule has 17 heavy (non-hydrogen) atoms. The molecule has 2 saturated heterocycles. The molecule has 0 saturated carbocycles. The number of hydrogen-bond acceptors (Lipinski definition) is 4. The predicted octanol–water partition coefficient (Wildman–Crippen LogP) is 0.0486. The average molecular weight is 242 g/mol. The Morgan fingerprint density at radius 1 is 1.41 bits per heavy atom. The minimum atomic E-state index is -0.426. The lowest BCUT2D eigenvalue weighted by Gasteiger charge is -2.29. The van der Waals surface area contributed by atoms with Gasteiger partial charge in [0.15, 0.2) is 6.10 Å². The van der Waals surface area contributed by atoms with Gasteiger partial charge in [0.25, 0.3) is 5.91 Å². The minimum absolute atomic E-state index is 0.0512. The lowest BCUT2D eigenvalue weighted by molar-refractivity contribution is -0.147. The van der Waals surface area contributed by atoms with Gasteiger partial charge in [0.2, 0.25) is 0 Å². The molecule has 2 heterocycles. The van der Waals surface area contributed by atoms with E-state index in [4.69, 9.17) is 9.47 Å². The summed E-state index contributed by atoms with van der Waals surface area (Å²) in [5.41, 5.74) is 0. The molecular formula is C12H22N2O3. The number of ether oxygens (including phenoxy) is 2. The van der Waals surface area contributed by atoms with Gasteiger partial charge in [-0.15, -0.1) is 0 Å². The first-order valence-electron chi connectivity index (χ1n) is 6.49. The normalized spacial score (nSPS) is 34.3. The highest BCUT2D eigenvalue weighted by atomic mass is 16.6. The van der Waals surface area contributed by atoms with Gasteiger partial charge >= 0.3 is 0 Å². The first-order valence-corrected chi connectivity index (χ1v) is 6.49. The molecule has 0 aliphatic carbocycles. The standard InChI is InChI=1S/C12H22N2O3/c1-9-3-2-4-10(14-9)7-13-12(15)11-8-16-5-6-17-11/h9-11,14H,2-8H2,1H3,(H,13,15). The first kappa shape index (κ1) is 12.8. The monoisotopic (exact) mass is 242 g/mol. The summed E-state index contributed by atoms with van der Waals surface area (Å²) in [5, 5.41) is 6.42. The summed E-state index contributed by atoms with van der Waals surface area (Å²) in [6, 6.07) is 0.951. The highest BCUT2D eigenvalue weighted by Crippen LogP contribution is 2.11. The fourth-order valence-electron chi connectivity index (χ4n) is 2.38. The van der Waals surface area contributed by atoms with Gasteiger partial charge in [0, 0.05) is 18.6 Å². The molecule has 98 valence electrons. The van der Waals surface area contributed by atoms with E-state index in [9.17, 15) is 4.79 Å². The van der Waals surface area contributed by atoms with Gasteiger partial charge in [-0.25, -0.2) is 0 Å². The summed E-state index contributed by atoms with van der Waals surface area (Å²) in [6.45, 7) is 4.34. The molecule has 2 N–H and O–H groups in total. The maximum atomic E-state index is 11.8. The van der Waals surface area contributed by atoms with E-state index in [1.165, 1.54) is 12.8 Å². The molecule has 3 atom stereocenters. The average Bonchev–Trinajstić information content (AvgIpc) is 2.37. The predicted molar refractivity (Wildman–Crippen MR) is 63.8 cm³/mol. The zero-order chi connectivity index (χ0) is 12.1. The Morgan fingerprint density at radius 2 is 2.29 bits per heavy atom. The van der Waals surface area contributed by atoms with Crippen molar-refractivity contribution in [3.05, 3.63) is 0 Å². The van der Waals surface area contributed by atoms with Crippen LogP contribution >= 0.6 is 0 Å². The summed E-state index contributed by atoms with van der Waals surface area (Å²) in [4.78, 5) is 11.8. The van der Waals surface area contributed by atoms with Crippen LogP contribution in [0.25, 0.3) is 0 Å². The van der Waals surface area contributed by atoms with Crippen LogP contribution in [0, 0.1) is 0 Å². The van der Waals surface area contributed by atoms with E-state index < -0.39 is 6.10 Å². The molecule has 5 heteroatoms. The molecule has 2 aliphatic heterocycles. The second-order valence-corrected chi connectivity index (χ2v) is 4.88. The quantitative estimate of drug-likeness (QED) is 0.734. The van der Waals surface area contributed by atoms with Crippen molar-refractivity contribution in [1.82, 2.24) is 10.6 Å². The van der Waals surface area contributed by atoms with Crippen molar-refractivity contribution in [2.24, 2.45) is 0 Å². The van der Waals surface area contributed by atoms with Gasteiger partial charge in [0.1, 0.15) is 0 Å². The highest BCUT2D eigenvalue weighted by molar-refractivity contribution is 5.81. The van der Waals surface area contributed by atoms with Crippen LogP contribution in [0.5, 0.6) is 0 Å². The second kappa shape index (κ2) is 6.33. The summed E-state index contributed by atoms with van der Waals surface area (Å²) in [7, 11) is 0. The molecule has 2 rings (SSSR count). The summed E-state index contributed by atoms with van der Waals surface area (Å²) >= 11 is 0. The van der Waals surface area contributed by atoms with Crippen molar-refractivity contribution < 1.29 is 14.3 Å². The first-order chi connectivity index (χ1) is 8.25. The van der Waals surface area contributed by atoms with Gasteiger partial charge in [-0.1, -0.05) is 6.42 Å². The van der Waals surface area contributed by atoms with Crippen molar-refractivity contribution in [2.45, 2.75) is 44.4 Å². The molecule has 5 nitrogen and oxygen atoms in total. The van der Waals surface area contributed by atoms with E-state index in [1.807, 2.05) is 0 Å². The SMILES string of the molecule is CC1CCCC(CNC(=O)C2COCCO2)N1. The Morgan fingerprint density at radius 3 is 3.00 bits per heavy atom. The molecule has 0 aromatic heterocycles. The Bertz CT molecular complexity index is 254. The molecular weight excluding hydrogens is 220 g/mol. The third-order valence-electron chi connectivity index (χ3n) is 3.34. The smallest absolute Gasteiger partial charge is 0.251 e. The Labute approximate surface area is 102 Å².